The summed E-state index contributed by atoms with van der Waals surface area (Å²) in [7, 11) is 3.39. The van der Waals surface area contributed by atoms with Gasteiger partial charge in [0.1, 0.15) is 0 Å². The molecular weight excluding hydrogens is 761 g/mol. The van der Waals surface area contributed by atoms with Gasteiger partial charge in [-0.25, -0.2) is 0 Å². The maximum absolute atomic E-state index is 6.20. The van der Waals surface area contributed by atoms with Crippen molar-refractivity contribution in [2.45, 2.75) is 284 Å². The monoisotopic (exact) mass is 867 g/mol. The van der Waals surface area contributed by atoms with E-state index in [0.717, 1.165) is 77.8 Å². The molecule has 0 spiro atoms. The van der Waals surface area contributed by atoms with Crippen molar-refractivity contribution in [1.82, 2.24) is 0 Å². The molecule has 0 amide bonds. The van der Waals surface area contributed by atoms with Crippen LogP contribution in [0.3, 0.4) is 0 Å². The molecule has 0 saturated heterocycles. The number of ether oxygens (including phenoxy) is 7. The van der Waals surface area contributed by atoms with E-state index >= 15 is 0 Å². The summed E-state index contributed by atoms with van der Waals surface area (Å²) >= 11 is 0. The van der Waals surface area contributed by atoms with Crippen LogP contribution in [0.2, 0.25) is 0 Å². The Morgan fingerprint density at radius 2 is 0.574 bits per heavy atom. The number of methoxy groups -OCH3 is 2. The zero-order chi connectivity index (χ0) is 44.4. The molecule has 0 aliphatic rings. The van der Waals surface area contributed by atoms with E-state index in [0.29, 0.717) is 0 Å². The quantitative estimate of drug-likeness (QED) is 0.0343. The van der Waals surface area contributed by atoms with Crippen LogP contribution in [0.4, 0.5) is 0 Å². The summed E-state index contributed by atoms with van der Waals surface area (Å²) < 4.78 is 42.0. The fourth-order valence-electron chi connectivity index (χ4n) is 7.58. The molecule has 0 rings (SSSR count). The van der Waals surface area contributed by atoms with E-state index < -0.39 is 12.6 Å². The highest BCUT2D eigenvalue weighted by molar-refractivity contribution is 4.89. The first kappa shape index (κ1) is 60.2. The van der Waals surface area contributed by atoms with Gasteiger partial charge in [-0.3, -0.25) is 0 Å². The highest BCUT2D eigenvalue weighted by atomic mass is 16.8. The molecule has 0 fully saturated rings. The summed E-state index contributed by atoms with van der Waals surface area (Å²) in [6.07, 6.45) is 52.0. The summed E-state index contributed by atoms with van der Waals surface area (Å²) in [5.74, 6) is 0. The maximum atomic E-state index is 6.20. The van der Waals surface area contributed by atoms with Crippen molar-refractivity contribution in [3.8, 4) is 0 Å². The lowest BCUT2D eigenvalue weighted by Crippen LogP contribution is -2.22. The molecule has 0 aromatic heterocycles. The zero-order valence-corrected chi connectivity index (χ0v) is 41.8. The van der Waals surface area contributed by atoms with Crippen LogP contribution in [0, 0.1) is 0 Å². The molecule has 61 heavy (non-hydrogen) atoms. The third kappa shape index (κ3) is 45.6. The largest absolute Gasteiger partial charge is 0.353 e. The lowest BCUT2D eigenvalue weighted by Gasteiger charge is -2.19. The highest BCUT2D eigenvalue weighted by Gasteiger charge is 2.12. The third-order valence-corrected chi connectivity index (χ3v) is 11.6. The Balaban J connectivity index is 4.16. The molecular formula is C54H106O7. The van der Waals surface area contributed by atoms with Crippen LogP contribution < -0.4 is 0 Å². The SMILES string of the molecule is CCCCCCCOC(CCCCCCCCC=CC(OC)OC(C=CCCCCCCCCC(OCCCCCCC)OCCCCCCC)OC)OCCCCCCC. The predicted octanol–water partition coefficient (Wildman–Crippen LogP) is 16.9. The number of hydrogen-bond acceptors (Lipinski definition) is 7. The van der Waals surface area contributed by atoms with Crippen LogP contribution in [-0.4, -0.2) is 65.8 Å². The molecule has 7 nitrogen and oxygen atoms in total. The van der Waals surface area contributed by atoms with Gasteiger partial charge in [-0.1, -0.05) is 194 Å². The first-order valence-electron chi connectivity index (χ1n) is 26.7. The first-order valence-corrected chi connectivity index (χ1v) is 26.7. The summed E-state index contributed by atoms with van der Waals surface area (Å²) in [6.45, 7) is 12.4. The minimum Gasteiger partial charge on any atom is -0.353 e. The molecule has 0 saturated carbocycles. The molecule has 364 valence electrons. The van der Waals surface area contributed by atoms with Gasteiger partial charge in [0.25, 0.3) is 0 Å². The van der Waals surface area contributed by atoms with Crippen LogP contribution in [-0.2, 0) is 33.2 Å². The summed E-state index contributed by atoms with van der Waals surface area (Å²) in [6, 6.07) is 0. The second-order valence-electron chi connectivity index (χ2n) is 17.6. The van der Waals surface area contributed by atoms with Crippen LogP contribution in [0.1, 0.15) is 259 Å². The van der Waals surface area contributed by atoms with E-state index in [4.69, 9.17) is 33.2 Å². The molecule has 0 aliphatic carbocycles. The fourth-order valence-corrected chi connectivity index (χ4v) is 7.58. The Labute approximate surface area is 380 Å². The Hall–Kier alpha value is -0.800. The predicted molar refractivity (Wildman–Crippen MR) is 261 cm³/mol. The zero-order valence-electron chi connectivity index (χ0n) is 41.8. The average Bonchev–Trinajstić information content (AvgIpc) is 3.27. The summed E-state index contributed by atoms with van der Waals surface area (Å²) in [4.78, 5) is 0. The van der Waals surface area contributed by atoms with Crippen molar-refractivity contribution in [2.24, 2.45) is 0 Å². The first-order chi connectivity index (χ1) is 30.1. The fraction of sp³-hybridized carbons (Fsp3) is 0.926. The van der Waals surface area contributed by atoms with Crippen LogP contribution in [0.5, 0.6) is 0 Å². The van der Waals surface area contributed by atoms with Gasteiger partial charge >= 0.3 is 0 Å². The lowest BCUT2D eigenvalue weighted by molar-refractivity contribution is -0.188. The Morgan fingerprint density at radius 1 is 0.311 bits per heavy atom. The van der Waals surface area contributed by atoms with E-state index in [1.165, 1.54) is 180 Å². The van der Waals surface area contributed by atoms with Crippen LogP contribution in [0.15, 0.2) is 24.3 Å². The van der Waals surface area contributed by atoms with Crippen molar-refractivity contribution in [3.63, 3.8) is 0 Å². The minimum atomic E-state index is -0.411. The lowest BCUT2D eigenvalue weighted by atomic mass is 10.1. The topological polar surface area (TPSA) is 64.6 Å². The normalized spacial score (nSPS) is 13.2. The van der Waals surface area contributed by atoms with E-state index in [-0.39, 0.29) is 12.6 Å². The van der Waals surface area contributed by atoms with Gasteiger partial charge in [0, 0.05) is 40.6 Å². The van der Waals surface area contributed by atoms with Crippen molar-refractivity contribution < 1.29 is 33.2 Å². The van der Waals surface area contributed by atoms with Gasteiger partial charge in [-0.2, -0.15) is 0 Å². The number of rotatable bonds is 52. The van der Waals surface area contributed by atoms with E-state index in [2.05, 4.69) is 39.8 Å². The summed E-state index contributed by atoms with van der Waals surface area (Å²) in [5, 5.41) is 0. The average molecular weight is 867 g/mol. The van der Waals surface area contributed by atoms with Gasteiger partial charge in [0.15, 0.2) is 25.2 Å². The molecule has 0 bridgehead atoms. The van der Waals surface area contributed by atoms with Crippen molar-refractivity contribution in [3.05, 3.63) is 24.3 Å². The maximum Gasteiger partial charge on any atom is 0.179 e. The van der Waals surface area contributed by atoms with Crippen LogP contribution in [0.25, 0.3) is 0 Å². The molecule has 0 heterocycles. The minimum absolute atomic E-state index is 0.0212. The van der Waals surface area contributed by atoms with Gasteiger partial charge in [0.2, 0.25) is 0 Å². The smallest absolute Gasteiger partial charge is 0.179 e. The molecule has 0 radical (unpaired) electrons. The van der Waals surface area contributed by atoms with Crippen molar-refractivity contribution >= 4 is 0 Å². The molecule has 0 aromatic rings. The molecule has 0 aromatic carbocycles. The number of hydrogen-bond donors (Lipinski definition) is 0. The molecule has 2 unspecified atom stereocenters. The highest BCUT2D eigenvalue weighted by Crippen LogP contribution is 2.17. The summed E-state index contributed by atoms with van der Waals surface area (Å²) in [5.41, 5.74) is 0. The molecule has 0 aliphatic heterocycles. The van der Waals surface area contributed by atoms with Crippen molar-refractivity contribution in [2.75, 3.05) is 40.6 Å². The standard InChI is InChI=1S/C54H106O7/c1-7-11-15-31-39-47-57-53(58-48-40-32-16-12-8-2)45-37-29-25-21-19-23-27-35-43-51(55-5)61-52(56-6)44-36-28-24-20-22-26-30-38-46-54(59-49-41-33-17-13-9-3)60-50-42-34-18-14-10-4/h35-36,43-44,51-54H,7-34,37-42,45-50H2,1-6H3. The van der Waals surface area contributed by atoms with Crippen LogP contribution >= 0.6 is 0 Å². The van der Waals surface area contributed by atoms with Gasteiger partial charge < -0.3 is 33.2 Å². The Morgan fingerprint density at radius 3 is 0.869 bits per heavy atom. The van der Waals surface area contributed by atoms with Gasteiger partial charge in [-0.15, -0.1) is 0 Å². The van der Waals surface area contributed by atoms with Gasteiger partial charge in [0.05, 0.1) is 0 Å². The number of allylic oxidation sites excluding steroid dienone is 2. The molecule has 7 heteroatoms. The third-order valence-electron chi connectivity index (χ3n) is 11.6. The van der Waals surface area contributed by atoms with E-state index in [1.54, 1.807) is 14.2 Å². The number of unbranched alkanes of at least 4 members (excludes halogenated alkanes) is 28. The van der Waals surface area contributed by atoms with Gasteiger partial charge in [-0.05, 0) is 89.2 Å². The molecule has 0 N–H and O–H groups in total. The van der Waals surface area contributed by atoms with E-state index in [9.17, 15) is 0 Å². The second-order valence-corrected chi connectivity index (χ2v) is 17.6. The Kier molecular flexibility index (Phi) is 51.2. The second kappa shape index (κ2) is 51.8. The molecule has 2 atom stereocenters. The van der Waals surface area contributed by atoms with E-state index in [1.807, 2.05) is 12.2 Å². The van der Waals surface area contributed by atoms with Crippen molar-refractivity contribution in [1.29, 1.82) is 0 Å². The Bertz CT molecular complexity index is 766.